The van der Waals surface area contributed by atoms with E-state index in [-0.39, 0.29) is 23.3 Å². The number of carbonyl (C=O) groups is 1. The second-order valence-electron chi connectivity index (χ2n) is 8.42. The van der Waals surface area contributed by atoms with Crippen LogP contribution in [0.25, 0.3) is 0 Å². The van der Waals surface area contributed by atoms with Crippen molar-refractivity contribution in [3.05, 3.63) is 0 Å². The highest BCUT2D eigenvalue weighted by Gasteiger charge is 2.62. The van der Waals surface area contributed by atoms with Crippen LogP contribution < -0.4 is 0 Å². The van der Waals surface area contributed by atoms with Crippen LogP contribution >= 0.6 is 0 Å². The first-order valence-electron chi connectivity index (χ1n) is 9.19. The van der Waals surface area contributed by atoms with Crippen LogP contribution in [-0.4, -0.2) is 60.4 Å². The Morgan fingerprint density at radius 1 is 1.25 bits per heavy atom. The summed E-state index contributed by atoms with van der Waals surface area (Å²) in [5.41, 5.74) is -0.397. The molecule has 6 nitrogen and oxygen atoms in total. The molecule has 24 heavy (non-hydrogen) atoms. The lowest BCUT2D eigenvalue weighted by Crippen LogP contribution is -2.57. The summed E-state index contributed by atoms with van der Waals surface area (Å²) in [6.45, 7) is 8.87. The molecular formula is C18H31NO5. The summed E-state index contributed by atoms with van der Waals surface area (Å²) in [6, 6.07) is 0. The molecule has 1 aliphatic carbocycles. The molecule has 0 aromatic heterocycles. The molecule has 0 radical (unpaired) electrons. The van der Waals surface area contributed by atoms with Gasteiger partial charge in [-0.25, -0.2) is 4.79 Å². The van der Waals surface area contributed by atoms with E-state index in [1.54, 1.807) is 4.90 Å². The molecule has 1 saturated carbocycles. The molecular weight excluding hydrogens is 310 g/mol. The second-order valence-corrected chi connectivity index (χ2v) is 8.42. The van der Waals surface area contributed by atoms with E-state index in [0.29, 0.717) is 25.7 Å². The highest BCUT2D eigenvalue weighted by atomic mass is 16.7. The SMILES string of the molecule is CC(C)(C)C12CC(CN1C(=O)O)C(OCCOC1CCCCO1)C2. The minimum Gasteiger partial charge on any atom is -0.465 e. The Bertz CT molecular complexity index is 457. The van der Waals surface area contributed by atoms with Crippen molar-refractivity contribution in [2.24, 2.45) is 11.3 Å². The fourth-order valence-corrected chi connectivity index (χ4v) is 4.65. The molecule has 3 fully saturated rings. The minimum absolute atomic E-state index is 0.0780. The van der Waals surface area contributed by atoms with E-state index in [1.165, 1.54) is 0 Å². The number of fused-ring (bicyclic) bond motifs is 2. The van der Waals surface area contributed by atoms with E-state index >= 15 is 0 Å². The average molecular weight is 341 g/mol. The van der Waals surface area contributed by atoms with Gasteiger partial charge in [0.1, 0.15) is 0 Å². The summed E-state index contributed by atoms with van der Waals surface area (Å²) in [5.74, 6) is 0.297. The first-order valence-corrected chi connectivity index (χ1v) is 9.19. The van der Waals surface area contributed by atoms with Gasteiger partial charge in [0, 0.05) is 19.1 Å². The lowest BCUT2D eigenvalue weighted by molar-refractivity contribution is -0.173. The zero-order valence-corrected chi connectivity index (χ0v) is 15.1. The molecule has 2 heterocycles. The highest BCUT2D eigenvalue weighted by molar-refractivity contribution is 5.67. The number of nitrogens with zero attached hydrogens (tertiary/aromatic N) is 1. The van der Waals surface area contributed by atoms with Crippen LogP contribution in [0.4, 0.5) is 4.79 Å². The van der Waals surface area contributed by atoms with Gasteiger partial charge in [0.25, 0.3) is 0 Å². The molecule has 6 heteroatoms. The van der Waals surface area contributed by atoms with Crippen LogP contribution in [0.2, 0.25) is 0 Å². The molecule has 3 aliphatic rings. The lowest BCUT2D eigenvalue weighted by atomic mass is 9.72. The van der Waals surface area contributed by atoms with E-state index < -0.39 is 6.09 Å². The lowest BCUT2D eigenvalue weighted by Gasteiger charge is -2.47. The van der Waals surface area contributed by atoms with Gasteiger partial charge in [-0.1, -0.05) is 20.8 Å². The third-order valence-electron chi connectivity index (χ3n) is 6.08. The Kier molecular flexibility index (Phi) is 5.09. The van der Waals surface area contributed by atoms with E-state index in [9.17, 15) is 9.90 Å². The summed E-state index contributed by atoms with van der Waals surface area (Å²) in [6.07, 6.45) is 4.19. The van der Waals surface area contributed by atoms with Crippen LogP contribution in [-0.2, 0) is 14.2 Å². The Labute approximate surface area is 144 Å². The second kappa shape index (κ2) is 6.81. The number of piperidine rings is 1. The first kappa shape index (κ1) is 18.0. The van der Waals surface area contributed by atoms with Crippen LogP contribution in [0.5, 0.6) is 0 Å². The molecule has 0 aromatic rings. The number of carboxylic acid groups (broad SMARTS) is 1. The van der Waals surface area contributed by atoms with Gasteiger partial charge in [-0.05, 0) is 37.5 Å². The zero-order valence-electron chi connectivity index (χ0n) is 15.1. The standard InChI is InChI=1S/C18H31NO5/c1-17(2,3)18-10-13(12-19(18)16(20)21)14(11-18)22-8-9-24-15-6-4-5-7-23-15/h13-15H,4-12H2,1-3H3,(H,20,21). The number of amides is 1. The third-order valence-corrected chi connectivity index (χ3v) is 6.08. The molecule has 2 saturated heterocycles. The number of ether oxygens (including phenoxy) is 3. The van der Waals surface area contributed by atoms with Crippen molar-refractivity contribution >= 4 is 6.09 Å². The first-order chi connectivity index (χ1) is 11.3. The molecule has 0 aromatic carbocycles. The van der Waals surface area contributed by atoms with E-state index in [2.05, 4.69) is 20.8 Å². The quantitative estimate of drug-likeness (QED) is 0.778. The van der Waals surface area contributed by atoms with Gasteiger partial charge in [0.2, 0.25) is 0 Å². The summed E-state index contributed by atoms with van der Waals surface area (Å²) in [7, 11) is 0. The van der Waals surface area contributed by atoms with Gasteiger partial charge >= 0.3 is 6.09 Å². The maximum absolute atomic E-state index is 11.6. The molecule has 3 rings (SSSR count). The van der Waals surface area contributed by atoms with Gasteiger partial charge in [-0.3, -0.25) is 0 Å². The van der Waals surface area contributed by atoms with Gasteiger partial charge in [0.15, 0.2) is 6.29 Å². The summed E-state index contributed by atoms with van der Waals surface area (Å²) >= 11 is 0. The van der Waals surface area contributed by atoms with E-state index in [4.69, 9.17) is 14.2 Å². The van der Waals surface area contributed by atoms with E-state index in [1.807, 2.05) is 0 Å². The molecule has 4 atom stereocenters. The predicted molar refractivity (Wildman–Crippen MR) is 88.9 cm³/mol. The average Bonchev–Trinajstić information content (AvgIpc) is 3.09. The van der Waals surface area contributed by atoms with Crippen LogP contribution in [0.3, 0.4) is 0 Å². The monoisotopic (exact) mass is 341 g/mol. The van der Waals surface area contributed by atoms with Crippen LogP contribution in [0, 0.1) is 11.3 Å². The van der Waals surface area contributed by atoms with Crippen molar-refractivity contribution in [2.75, 3.05) is 26.4 Å². The highest BCUT2D eigenvalue weighted by Crippen LogP contribution is 2.56. The topological polar surface area (TPSA) is 68.2 Å². The fourth-order valence-electron chi connectivity index (χ4n) is 4.65. The molecule has 2 aliphatic heterocycles. The Hall–Kier alpha value is -0.850. The zero-order chi connectivity index (χ0) is 17.4. The Morgan fingerprint density at radius 3 is 2.62 bits per heavy atom. The van der Waals surface area contributed by atoms with Crippen molar-refractivity contribution < 1.29 is 24.1 Å². The van der Waals surface area contributed by atoms with Crippen molar-refractivity contribution in [1.29, 1.82) is 0 Å². The number of hydrogen-bond acceptors (Lipinski definition) is 4. The summed E-state index contributed by atoms with van der Waals surface area (Å²) in [4.78, 5) is 13.3. The smallest absolute Gasteiger partial charge is 0.407 e. The molecule has 4 unspecified atom stereocenters. The Balaban J connectivity index is 1.50. The van der Waals surface area contributed by atoms with Crippen LogP contribution in [0.1, 0.15) is 52.9 Å². The largest absolute Gasteiger partial charge is 0.465 e. The molecule has 138 valence electrons. The van der Waals surface area contributed by atoms with Crippen molar-refractivity contribution in [2.45, 2.75) is 70.8 Å². The normalized spacial score (nSPS) is 36.3. The van der Waals surface area contributed by atoms with E-state index in [0.717, 1.165) is 38.7 Å². The van der Waals surface area contributed by atoms with Gasteiger partial charge in [-0.2, -0.15) is 0 Å². The third kappa shape index (κ3) is 3.28. The minimum atomic E-state index is -0.802. The van der Waals surface area contributed by atoms with Crippen molar-refractivity contribution in [3.63, 3.8) is 0 Å². The number of likely N-dealkylation sites (tertiary alicyclic amines) is 1. The van der Waals surface area contributed by atoms with Gasteiger partial charge < -0.3 is 24.2 Å². The van der Waals surface area contributed by atoms with Crippen molar-refractivity contribution in [3.8, 4) is 0 Å². The maximum Gasteiger partial charge on any atom is 0.407 e. The van der Waals surface area contributed by atoms with Gasteiger partial charge in [0.05, 0.1) is 24.9 Å². The summed E-state index contributed by atoms with van der Waals surface area (Å²) in [5, 5.41) is 9.56. The number of hydrogen-bond donors (Lipinski definition) is 1. The molecule has 0 spiro atoms. The molecule has 1 amide bonds. The van der Waals surface area contributed by atoms with Gasteiger partial charge in [-0.15, -0.1) is 0 Å². The molecule has 1 N–H and O–H groups in total. The Morgan fingerprint density at radius 2 is 2.00 bits per heavy atom. The van der Waals surface area contributed by atoms with Crippen LogP contribution in [0.15, 0.2) is 0 Å². The number of rotatable bonds is 5. The fraction of sp³-hybridized carbons (Fsp3) is 0.944. The summed E-state index contributed by atoms with van der Waals surface area (Å²) < 4.78 is 17.3. The molecule has 2 bridgehead atoms. The van der Waals surface area contributed by atoms with Crippen molar-refractivity contribution in [1.82, 2.24) is 4.90 Å². The maximum atomic E-state index is 11.6. The predicted octanol–water partition coefficient (Wildman–Crippen LogP) is 3.10.